The molecular formula is C8H9N2O. The van der Waals surface area contributed by atoms with Crippen LogP contribution in [0, 0.1) is 0 Å². The normalized spacial score (nSPS) is 9.45. The molecule has 0 saturated carbocycles. The summed E-state index contributed by atoms with van der Waals surface area (Å²) in [4.78, 5) is 10.4. The number of rotatable bonds is 2. The summed E-state index contributed by atoms with van der Waals surface area (Å²) in [6, 6.07) is 6.73. The van der Waals surface area contributed by atoms with E-state index in [4.69, 9.17) is 11.5 Å². The third-order valence-corrected chi connectivity index (χ3v) is 1.33. The first-order chi connectivity index (χ1) is 5.18. The van der Waals surface area contributed by atoms with Crippen molar-refractivity contribution >= 4 is 11.6 Å². The fourth-order valence-electron chi connectivity index (χ4n) is 0.824. The Bertz CT molecular complexity index is 253. The Kier molecular flexibility index (Phi) is 2.11. The molecule has 3 nitrogen and oxygen atoms in total. The minimum atomic E-state index is -0.345. The Labute approximate surface area is 65.0 Å². The highest BCUT2D eigenvalue weighted by molar-refractivity contribution is 5.76. The molecule has 0 aliphatic carbocycles. The van der Waals surface area contributed by atoms with E-state index in [2.05, 4.69) is 0 Å². The summed E-state index contributed by atoms with van der Waals surface area (Å²) in [5.41, 5.74) is 13.4. The van der Waals surface area contributed by atoms with Crippen LogP contribution in [0.15, 0.2) is 24.3 Å². The molecule has 0 aliphatic heterocycles. The van der Waals surface area contributed by atoms with Crippen LogP contribution in [0.2, 0.25) is 0 Å². The third kappa shape index (κ3) is 2.29. The topological polar surface area (TPSA) is 66.9 Å². The average molecular weight is 149 g/mol. The zero-order valence-electron chi connectivity index (χ0n) is 6.00. The van der Waals surface area contributed by atoms with Crippen LogP contribution >= 0.6 is 0 Å². The lowest BCUT2D eigenvalue weighted by Gasteiger charge is -1.96. The molecule has 0 heterocycles. The van der Waals surface area contributed by atoms with E-state index in [1.54, 1.807) is 24.3 Å². The molecule has 0 fully saturated rings. The lowest BCUT2D eigenvalue weighted by atomic mass is 10.1. The van der Waals surface area contributed by atoms with Crippen molar-refractivity contribution < 1.29 is 4.79 Å². The predicted octanol–water partition coefficient (Wildman–Crippen LogP) is 0.629. The van der Waals surface area contributed by atoms with E-state index in [1.165, 1.54) is 0 Å². The second-order valence-electron chi connectivity index (χ2n) is 2.34. The van der Waals surface area contributed by atoms with Crippen LogP contribution in [-0.2, 0) is 11.2 Å². The molecule has 0 unspecified atom stereocenters. The summed E-state index contributed by atoms with van der Waals surface area (Å²) < 4.78 is 0. The van der Waals surface area contributed by atoms with Crippen LogP contribution in [0.4, 0.5) is 5.69 Å². The summed E-state index contributed by atoms with van der Waals surface area (Å²) in [7, 11) is 0. The SMILES string of the molecule is [NH]c1ccc(CC(N)=O)cc1. The van der Waals surface area contributed by atoms with E-state index in [-0.39, 0.29) is 12.3 Å². The zero-order chi connectivity index (χ0) is 8.27. The van der Waals surface area contributed by atoms with E-state index in [1.807, 2.05) is 0 Å². The fraction of sp³-hybridized carbons (Fsp3) is 0.125. The van der Waals surface area contributed by atoms with Crippen LogP contribution in [0.25, 0.3) is 0 Å². The van der Waals surface area contributed by atoms with E-state index in [0.29, 0.717) is 5.69 Å². The molecule has 57 valence electrons. The van der Waals surface area contributed by atoms with Gasteiger partial charge in [0.15, 0.2) is 0 Å². The maximum absolute atomic E-state index is 10.4. The molecule has 1 aromatic carbocycles. The summed E-state index contributed by atoms with van der Waals surface area (Å²) in [6.07, 6.45) is 0.250. The Hall–Kier alpha value is -1.51. The fourth-order valence-corrected chi connectivity index (χ4v) is 0.824. The maximum Gasteiger partial charge on any atom is 0.221 e. The van der Waals surface area contributed by atoms with Gasteiger partial charge in [0.2, 0.25) is 5.91 Å². The average Bonchev–Trinajstić information content (AvgIpc) is 1.93. The summed E-state index contributed by atoms with van der Waals surface area (Å²) in [5.74, 6) is -0.345. The molecule has 3 N–H and O–H groups in total. The van der Waals surface area contributed by atoms with Crippen molar-refractivity contribution in [2.75, 3.05) is 0 Å². The van der Waals surface area contributed by atoms with Gasteiger partial charge in [0.05, 0.1) is 12.1 Å². The molecular weight excluding hydrogens is 140 g/mol. The van der Waals surface area contributed by atoms with Crippen molar-refractivity contribution in [1.29, 1.82) is 0 Å². The second kappa shape index (κ2) is 3.05. The molecule has 0 aromatic heterocycles. The van der Waals surface area contributed by atoms with Gasteiger partial charge >= 0.3 is 0 Å². The van der Waals surface area contributed by atoms with Gasteiger partial charge < -0.3 is 11.5 Å². The van der Waals surface area contributed by atoms with Crippen molar-refractivity contribution in [3.63, 3.8) is 0 Å². The first-order valence-electron chi connectivity index (χ1n) is 3.27. The molecule has 0 saturated heterocycles. The van der Waals surface area contributed by atoms with Crippen molar-refractivity contribution in [2.45, 2.75) is 6.42 Å². The number of hydrogen-bond donors (Lipinski definition) is 1. The molecule has 11 heavy (non-hydrogen) atoms. The minimum absolute atomic E-state index is 0.250. The minimum Gasteiger partial charge on any atom is -0.369 e. The third-order valence-electron chi connectivity index (χ3n) is 1.33. The van der Waals surface area contributed by atoms with Gasteiger partial charge in [-0.25, -0.2) is 0 Å². The van der Waals surface area contributed by atoms with Gasteiger partial charge in [0.1, 0.15) is 0 Å². The monoisotopic (exact) mass is 149 g/mol. The Balaban J connectivity index is 2.74. The summed E-state index contributed by atoms with van der Waals surface area (Å²) in [5, 5.41) is 0. The number of hydrogen-bond acceptors (Lipinski definition) is 1. The van der Waals surface area contributed by atoms with Gasteiger partial charge in [-0.3, -0.25) is 4.79 Å². The standard InChI is InChI=1S/C8H9N2O/c9-7-3-1-6(2-4-7)5-8(10)11/h1-4,9H,5H2,(H2,10,11). The van der Waals surface area contributed by atoms with Crippen LogP contribution in [0.5, 0.6) is 0 Å². The summed E-state index contributed by atoms with van der Waals surface area (Å²) >= 11 is 0. The Morgan fingerprint density at radius 3 is 2.36 bits per heavy atom. The van der Waals surface area contributed by atoms with Crippen molar-refractivity contribution in [1.82, 2.24) is 5.73 Å². The van der Waals surface area contributed by atoms with Crippen LogP contribution in [0.3, 0.4) is 0 Å². The molecule has 1 amide bonds. The highest BCUT2D eigenvalue weighted by Gasteiger charge is 1.96. The van der Waals surface area contributed by atoms with E-state index >= 15 is 0 Å². The van der Waals surface area contributed by atoms with E-state index in [0.717, 1.165) is 5.56 Å². The van der Waals surface area contributed by atoms with Gasteiger partial charge in [-0.15, -0.1) is 0 Å². The van der Waals surface area contributed by atoms with Gasteiger partial charge in [-0.05, 0) is 17.7 Å². The van der Waals surface area contributed by atoms with Gasteiger partial charge in [0.25, 0.3) is 0 Å². The molecule has 1 rings (SSSR count). The zero-order valence-corrected chi connectivity index (χ0v) is 6.00. The Morgan fingerprint density at radius 2 is 1.91 bits per heavy atom. The van der Waals surface area contributed by atoms with Crippen molar-refractivity contribution in [3.8, 4) is 0 Å². The maximum atomic E-state index is 10.4. The lowest BCUT2D eigenvalue weighted by molar-refractivity contribution is -0.117. The van der Waals surface area contributed by atoms with Crippen LogP contribution in [-0.4, -0.2) is 5.91 Å². The lowest BCUT2D eigenvalue weighted by Crippen LogP contribution is -2.13. The summed E-state index contributed by atoms with van der Waals surface area (Å²) in [6.45, 7) is 0. The number of carbonyl (C=O) groups is 1. The number of primary amides is 1. The smallest absolute Gasteiger partial charge is 0.221 e. The van der Waals surface area contributed by atoms with Crippen molar-refractivity contribution in [3.05, 3.63) is 29.8 Å². The molecule has 1 aromatic rings. The predicted molar refractivity (Wildman–Crippen MR) is 42.1 cm³/mol. The molecule has 3 heteroatoms. The van der Waals surface area contributed by atoms with Gasteiger partial charge in [0, 0.05) is 0 Å². The molecule has 0 spiro atoms. The highest BCUT2D eigenvalue weighted by atomic mass is 16.1. The second-order valence-corrected chi connectivity index (χ2v) is 2.34. The highest BCUT2D eigenvalue weighted by Crippen LogP contribution is 2.06. The number of carbonyl (C=O) groups excluding carboxylic acids is 1. The Morgan fingerprint density at radius 1 is 1.36 bits per heavy atom. The largest absolute Gasteiger partial charge is 0.369 e. The van der Waals surface area contributed by atoms with E-state index in [9.17, 15) is 4.79 Å². The van der Waals surface area contributed by atoms with E-state index < -0.39 is 0 Å². The first kappa shape index (κ1) is 7.60. The molecule has 0 atom stereocenters. The molecule has 0 aliphatic rings. The number of nitrogens with two attached hydrogens (primary N) is 1. The van der Waals surface area contributed by atoms with Gasteiger partial charge in [-0.1, -0.05) is 12.1 Å². The number of benzene rings is 1. The van der Waals surface area contributed by atoms with Crippen LogP contribution < -0.4 is 11.5 Å². The molecule has 1 radical (unpaired) electrons. The molecule has 0 bridgehead atoms. The first-order valence-corrected chi connectivity index (χ1v) is 3.27. The quantitative estimate of drug-likeness (QED) is 0.658. The van der Waals surface area contributed by atoms with Crippen molar-refractivity contribution in [2.24, 2.45) is 5.73 Å². The number of amides is 1. The van der Waals surface area contributed by atoms with Crippen LogP contribution in [0.1, 0.15) is 5.56 Å². The van der Waals surface area contributed by atoms with Gasteiger partial charge in [-0.2, -0.15) is 0 Å². The number of nitrogens with one attached hydrogen (secondary N) is 1.